The molecule has 0 radical (unpaired) electrons. The first-order chi connectivity index (χ1) is 18.0. The van der Waals surface area contributed by atoms with Crippen molar-refractivity contribution in [1.29, 1.82) is 10.5 Å². The molecule has 2 aromatic rings. The van der Waals surface area contributed by atoms with Crippen molar-refractivity contribution < 1.29 is 9.53 Å². The van der Waals surface area contributed by atoms with Crippen LogP contribution in [0.3, 0.4) is 0 Å². The molecule has 0 amide bonds. The predicted molar refractivity (Wildman–Crippen MR) is 143 cm³/mol. The Kier molecular flexibility index (Phi) is 7.49. The molecule has 0 spiro atoms. The molecule has 0 N–H and O–H groups in total. The van der Waals surface area contributed by atoms with Crippen LogP contribution in [-0.2, 0) is 14.9 Å². The largest absolute Gasteiger partial charge is 0.462 e. The average molecular weight is 497 g/mol. The van der Waals surface area contributed by atoms with Crippen molar-refractivity contribution in [1.82, 2.24) is 4.90 Å². The molecule has 2 saturated heterocycles. The maximum absolute atomic E-state index is 11.9. The van der Waals surface area contributed by atoms with E-state index in [4.69, 9.17) is 10.00 Å². The average Bonchev–Trinajstić information content (AvgIpc) is 3.36. The number of likely N-dealkylation sites (tertiary alicyclic amines) is 1. The van der Waals surface area contributed by atoms with E-state index in [-0.39, 0.29) is 23.9 Å². The number of ether oxygens (including phenoxy) is 1. The highest BCUT2D eigenvalue weighted by molar-refractivity contribution is 5.66. The molecule has 6 nitrogen and oxygen atoms in total. The van der Waals surface area contributed by atoms with Gasteiger partial charge in [-0.1, -0.05) is 30.3 Å². The molecule has 5 rings (SSSR count). The Bertz CT molecular complexity index is 1150. The summed E-state index contributed by atoms with van der Waals surface area (Å²) in [5, 5.41) is 19.8. The molecule has 3 aliphatic rings. The number of benzene rings is 2. The summed E-state index contributed by atoms with van der Waals surface area (Å²) in [5.74, 6) is 0.675. The molecule has 192 valence electrons. The Morgan fingerprint density at radius 2 is 1.70 bits per heavy atom. The molecule has 1 aliphatic carbocycles. The van der Waals surface area contributed by atoms with Gasteiger partial charge in [0, 0.05) is 44.1 Å². The van der Waals surface area contributed by atoms with E-state index >= 15 is 0 Å². The van der Waals surface area contributed by atoms with Crippen molar-refractivity contribution in [2.24, 2.45) is 17.8 Å². The smallest absolute Gasteiger partial charge is 0.302 e. The topological polar surface area (TPSA) is 80.4 Å². The van der Waals surface area contributed by atoms with Gasteiger partial charge in [0.15, 0.2) is 0 Å². The minimum atomic E-state index is -0.632. The molecular weight excluding hydrogens is 460 g/mol. The van der Waals surface area contributed by atoms with Crippen LogP contribution in [0.2, 0.25) is 0 Å². The number of nitrogens with zero attached hydrogens (tertiary/aromatic N) is 4. The van der Waals surface area contributed by atoms with Gasteiger partial charge in [0.05, 0.1) is 23.1 Å². The molecule has 0 aromatic heterocycles. The number of carbonyl (C=O) groups excluding carboxylic acids is 1. The van der Waals surface area contributed by atoms with E-state index in [1.165, 1.54) is 12.6 Å². The lowest BCUT2D eigenvalue weighted by Crippen LogP contribution is -2.54. The number of piperidine rings is 1. The van der Waals surface area contributed by atoms with Crippen molar-refractivity contribution in [3.05, 3.63) is 65.7 Å². The molecule has 3 atom stereocenters. The number of nitriles is 2. The SMILES string of the molecule is CC(=O)OC1CCCC1[C@@](C#N)(c1ccccc1)C1CCN(CC2CN(c3ccc(C#N)cc3)C2)CC1. The van der Waals surface area contributed by atoms with Crippen LogP contribution in [0.4, 0.5) is 5.69 Å². The van der Waals surface area contributed by atoms with Crippen LogP contribution in [-0.4, -0.2) is 49.7 Å². The van der Waals surface area contributed by atoms with Gasteiger partial charge in [-0.25, -0.2) is 0 Å². The summed E-state index contributed by atoms with van der Waals surface area (Å²) in [6.45, 7) is 6.66. The van der Waals surface area contributed by atoms with E-state index in [1.54, 1.807) is 0 Å². The van der Waals surface area contributed by atoms with E-state index in [1.807, 2.05) is 42.5 Å². The van der Waals surface area contributed by atoms with Crippen LogP contribution in [0, 0.1) is 40.4 Å². The highest BCUT2D eigenvalue weighted by Gasteiger charge is 2.53. The van der Waals surface area contributed by atoms with E-state index in [0.29, 0.717) is 11.5 Å². The lowest BCUT2D eigenvalue weighted by atomic mass is 9.59. The summed E-state index contributed by atoms with van der Waals surface area (Å²) in [4.78, 5) is 16.8. The molecule has 2 unspecified atom stereocenters. The standard InChI is InChI=1S/C31H36N4O2/c1-23(36)37-30-9-5-8-29(30)31(22-33,26-6-3-2-4-7-26)27-14-16-34(17-15-27)19-25-20-35(21-25)28-12-10-24(18-32)11-13-28/h2-4,6-7,10-13,25,27,29-30H,5,8-9,14-17,19-21H2,1H3/t29?,30?,31-/m0/s1. The summed E-state index contributed by atoms with van der Waals surface area (Å²) in [5.41, 5.74) is 2.34. The highest BCUT2D eigenvalue weighted by Crippen LogP contribution is 2.51. The molecule has 37 heavy (non-hydrogen) atoms. The van der Waals surface area contributed by atoms with Crippen LogP contribution >= 0.6 is 0 Å². The first-order valence-corrected chi connectivity index (χ1v) is 13.6. The summed E-state index contributed by atoms with van der Waals surface area (Å²) in [6.07, 6.45) is 4.55. The Balaban J connectivity index is 1.24. The molecule has 2 aromatic carbocycles. The lowest BCUT2D eigenvalue weighted by molar-refractivity contribution is -0.149. The van der Waals surface area contributed by atoms with Crippen LogP contribution < -0.4 is 4.90 Å². The minimum absolute atomic E-state index is 0.0351. The van der Waals surface area contributed by atoms with Crippen molar-refractivity contribution in [3.63, 3.8) is 0 Å². The summed E-state index contributed by atoms with van der Waals surface area (Å²) in [7, 11) is 0. The zero-order valence-corrected chi connectivity index (χ0v) is 21.7. The molecule has 0 bridgehead atoms. The third-order valence-corrected chi connectivity index (χ3v) is 8.86. The maximum atomic E-state index is 11.9. The van der Waals surface area contributed by atoms with Gasteiger partial charge in [-0.15, -0.1) is 0 Å². The van der Waals surface area contributed by atoms with Gasteiger partial charge >= 0.3 is 5.97 Å². The molecule has 1 saturated carbocycles. The lowest BCUT2D eigenvalue weighted by Gasteiger charge is -2.47. The highest BCUT2D eigenvalue weighted by atomic mass is 16.5. The van der Waals surface area contributed by atoms with Crippen LogP contribution in [0.5, 0.6) is 0 Å². The first kappa shape index (κ1) is 25.3. The van der Waals surface area contributed by atoms with Crippen molar-refractivity contribution in [2.75, 3.05) is 37.6 Å². The fraction of sp³-hybridized carbons (Fsp3) is 0.516. The predicted octanol–water partition coefficient (Wildman–Crippen LogP) is 4.90. The molecule has 3 fully saturated rings. The Morgan fingerprint density at radius 3 is 2.32 bits per heavy atom. The molecule has 6 heteroatoms. The molecular formula is C31H36N4O2. The van der Waals surface area contributed by atoms with Crippen LogP contribution in [0.1, 0.15) is 50.2 Å². The van der Waals surface area contributed by atoms with Gasteiger partial charge in [0.1, 0.15) is 6.10 Å². The molecule has 2 aliphatic heterocycles. The van der Waals surface area contributed by atoms with Gasteiger partial charge in [-0.05, 0) is 80.9 Å². The Hall–Kier alpha value is -3.35. The summed E-state index contributed by atoms with van der Waals surface area (Å²) >= 11 is 0. The zero-order valence-electron chi connectivity index (χ0n) is 21.7. The Morgan fingerprint density at radius 1 is 1.00 bits per heavy atom. The fourth-order valence-corrected chi connectivity index (χ4v) is 7.09. The van der Waals surface area contributed by atoms with Gasteiger partial charge in [0.2, 0.25) is 0 Å². The number of anilines is 1. The normalized spacial score (nSPS) is 24.5. The van der Waals surface area contributed by atoms with Gasteiger partial charge in [0.25, 0.3) is 0 Å². The van der Waals surface area contributed by atoms with Crippen LogP contribution in [0.25, 0.3) is 0 Å². The summed E-state index contributed by atoms with van der Waals surface area (Å²) < 4.78 is 5.78. The van der Waals surface area contributed by atoms with Crippen molar-refractivity contribution in [2.45, 2.75) is 50.5 Å². The van der Waals surface area contributed by atoms with E-state index in [9.17, 15) is 10.1 Å². The van der Waals surface area contributed by atoms with Crippen molar-refractivity contribution >= 4 is 11.7 Å². The summed E-state index contributed by atoms with van der Waals surface area (Å²) in [6, 6.07) is 23.1. The molecule has 2 heterocycles. The van der Waals surface area contributed by atoms with E-state index in [2.05, 4.69) is 34.1 Å². The Labute approximate surface area is 220 Å². The van der Waals surface area contributed by atoms with E-state index < -0.39 is 5.41 Å². The quantitative estimate of drug-likeness (QED) is 0.507. The van der Waals surface area contributed by atoms with Gasteiger partial charge in [-0.3, -0.25) is 4.79 Å². The first-order valence-electron chi connectivity index (χ1n) is 13.6. The number of hydrogen-bond donors (Lipinski definition) is 0. The minimum Gasteiger partial charge on any atom is -0.462 e. The zero-order chi connectivity index (χ0) is 25.8. The second kappa shape index (κ2) is 11.0. The number of rotatable bonds is 7. The number of hydrogen-bond acceptors (Lipinski definition) is 6. The fourth-order valence-electron chi connectivity index (χ4n) is 7.09. The van der Waals surface area contributed by atoms with Gasteiger partial charge < -0.3 is 14.5 Å². The number of carbonyl (C=O) groups is 1. The van der Waals surface area contributed by atoms with E-state index in [0.717, 1.165) is 70.4 Å². The second-order valence-electron chi connectivity index (χ2n) is 11.0. The third-order valence-electron chi connectivity index (χ3n) is 8.86. The maximum Gasteiger partial charge on any atom is 0.302 e. The van der Waals surface area contributed by atoms with Crippen molar-refractivity contribution in [3.8, 4) is 12.1 Å². The number of esters is 1. The van der Waals surface area contributed by atoms with Crippen LogP contribution in [0.15, 0.2) is 54.6 Å². The second-order valence-corrected chi connectivity index (χ2v) is 11.0. The third kappa shape index (κ3) is 5.09. The van der Waals surface area contributed by atoms with Gasteiger partial charge in [-0.2, -0.15) is 10.5 Å². The monoisotopic (exact) mass is 496 g/mol.